The summed E-state index contributed by atoms with van der Waals surface area (Å²) >= 11 is 0. The highest BCUT2D eigenvalue weighted by Gasteiger charge is 2.19. The Labute approximate surface area is 458 Å². The first-order valence-corrected chi connectivity index (χ1v) is 31.6. The topological polar surface area (TPSA) is 78.9 Å². The molecule has 0 aliphatic carbocycles. The first kappa shape index (κ1) is 70.6. The van der Waals surface area contributed by atoms with Crippen molar-refractivity contribution in [1.82, 2.24) is 0 Å². The lowest BCUT2D eigenvalue weighted by molar-refractivity contribution is -0.166. The van der Waals surface area contributed by atoms with Gasteiger partial charge in [-0.25, -0.2) is 0 Å². The van der Waals surface area contributed by atoms with E-state index in [9.17, 15) is 14.4 Å². The predicted molar refractivity (Wildman–Crippen MR) is 321 cm³/mol. The van der Waals surface area contributed by atoms with Crippen LogP contribution in [0.4, 0.5) is 0 Å². The van der Waals surface area contributed by atoms with Gasteiger partial charge in [0.1, 0.15) is 13.2 Å². The van der Waals surface area contributed by atoms with Crippen molar-refractivity contribution in [3.63, 3.8) is 0 Å². The normalized spacial score (nSPS) is 12.6. The van der Waals surface area contributed by atoms with Crippen LogP contribution in [0.25, 0.3) is 0 Å². The van der Waals surface area contributed by atoms with Gasteiger partial charge >= 0.3 is 17.9 Å². The highest BCUT2D eigenvalue weighted by Crippen LogP contribution is 2.17. The summed E-state index contributed by atoms with van der Waals surface area (Å²) in [5.74, 6) is -0.975. The van der Waals surface area contributed by atoms with Crippen LogP contribution in [0.3, 0.4) is 0 Å². The summed E-state index contributed by atoms with van der Waals surface area (Å²) in [5, 5.41) is 0. The fourth-order valence-electron chi connectivity index (χ4n) is 8.94. The van der Waals surface area contributed by atoms with Crippen molar-refractivity contribution in [2.24, 2.45) is 0 Å². The fourth-order valence-corrected chi connectivity index (χ4v) is 8.94. The molecule has 0 aromatic rings. The Morgan fingerprint density at radius 3 is 0.878 bits per heavy atom. The zero-order chi connectivity index (χ0) is 53.6. The first-order valence-electron chi connectivity index (χ1n) is 31.6. The Morgan fingerprint density at radius 1 is 0.284 bits per heavy atom. The van der Waals surface area contributed by atoms with Gasteiger partial charge in [-0.15, -0.1) is 0 Å². The van der Waals surface area contributed by atoms with Gasteiger partial charge in [-0.05, 0) is 83.5 Å². The Kier molecular flexibility index (Phi) is 59.3. The zero-order valence-corrected chi connectivity index (χ0v) is 48.8. The van der Waals surface area contributed by atoms with E-state index in [0.717, 1.165) is 77.0 Å². The molecule has 6 heteroatoms. The van der Waals surface area contributed by atoms with Crippen molar-refractivity contribution in [3.8, 4) is 0 Å². The van der Waals surface area contributed by atoms with Gasteiger partial charge in [-0.3, -0.25) is 14.4 Å². The summed E-state index contributed by atoms with van der Waals surface area (Å²) in [6, 6.07) is 0. The molecule has 0 radical (unpaired) electrons. The summed E-state index contributed by atoms with van der Waals surface area (Å²) in [6.07, 6.45) is 82.0. The summed E-state index contributed by atoms with van der Waals surface area (Å²) in [6.45, 7) is 6.47. The van der Waals surface area contributed by atoms with E-state index in [-0.39, 0.29) is 37.5 Å². The number of rotatable bonds is 57. The Hall–Kier alpha value is -3.41. The average molecular weight is 1030 g/mol. The van der Waals surface area contributed by atoms with E-state index >= 15 is 0 Å². The smallest absolute Gasteiger partial charge is 0.306 e. The van der Waals surface area contributed by atoms with Gasteiger partial charge in [0.15, 0.2) is 6.10 Å². The van der Waals surface area contributed by atoms with E-state index in [1.165, 1.54) is 186 Å². The van der Waals surface area contributed by atoms with Gasteiger partial charge in [0.25, 0.3) is 0 Å². The van der Waals surface area contributed by atoms with Crippen molar-refractivity contribution in [1.29, 1.82) is 0 Å². The van der Waals surface area contributed by atoms with Gasteiger partial charge in [0.2, 0.25) is 0 Å². The van der Waals surface area contributed by atoms with Crippen molar-refractivity contribution in [2.45, 2.75) is 316 Å². The van der Waals surface area contributed by atoms with Crippen molar-refractivity contribution in [2.75, 3.05) is 13.2 Å². The summed E-state index contributed by atoms with van der Waals surface area (Å²) < 4.78 is 16.8. The van der Waals surface area contributed by atoms with E-state index in [0.29, 0.717) is 19.3 Å². The van der Waals surface area contributed by atoms with Crippen molar-refractivity contribution >= 4 is 17.9 Å². The zero-order valence-electron chi connectivity index (χ0n) is 48.8. The lowest BCUT2D eigenvalue weighted by atomic mass is 10.0. The van der Waals surface area contributed by atoms with E-state index < -0.39 is 6.10 Å². The minimum atomic E-state index is -0.812. The molecule has 0 aromatic carbocycles. The van der Waals surface area contributed by atoms with Crippen molar-refractivity contribution < 1.29 is 28.6 Å². The molecular weight excluding hydrogens is 913 g/mol. The second kappa shape index (κ2) is 62.1. The summed E-state index contributed by atoms with van der Waals surface area (Å²) in [4.78, 5) is 38.1. The molecule has 0 aromatic heterocycles. The van der Waals surface area contributed by atoms with Crippen LogP contribution in [-0.2, 0) is 28.6 Å². The first-order chi connectivity index (χ1) is 36.5. The molecule has 0 bridgehead atoms. The van der Waals surface area contributed by atoms with Crippen LogP contribution in [0.5, 0.6) is 0 Å². The molecule has 0 spiro atoms. The molecule has 0 amide bonds. The molecule has 0 rings (SSSR count). The molecule has 0 fully saturated rings. The van der Waals surface area contributed by atoms with Crippen LogP contribution in [0.1, 0.15) is 310 Å². The molecule has 74 heavy (non-hydrogen) atoms. The van der Waals surface area contributed by atoms with Crippen LogP contribution < -0.4 is 0 Å². The number of ether oxygens (including phenoxy) is 3. The lowest BCUT2D eigenvalue weighted by Crippen LogP contribution is -2.30. The molecule has 1 unspecified atom stereocenters. The fraction of sp³-hybridized carbons (Fsp3) is 0.750. The Morgan fingerprint density at radius 2 is 0.554 bits per heavy atom. The number of carbonyl (C=O) groups excluding carboxylic acids is 3. The minimum Gasteiger partial charge on any atom is -0.462 e. The summed E-state index contributed by atoms with van der Waals surface area (Å²) in [5.41, 5.74) is 0. The largest absolute Gasteiger partial charge is 0.462 e. The van der Waals surface area contributed by atoms with Gasteiger partial charge in [-0.2, -0.15) is 0 Å². The van der Waals surface area contributed by atoms with Gasteiger partial charge in [0, 0.05) is 19.3 Å². The lowest BCUT2D eigenvalue weighted by Gasteiger charge is -2.18. The van der Waals surface area contributed by atoms with Crippen LogP contribution >= 0.6 is 0 Å². The molecule has 1 atom stereocenters. The molecule has 6 nitrogen and oxygen atoms in total. The third-order valence-corrected chi connectivity index (χ3v) is 13.6. The Bertz CT molecular complexity index is 1420. The molecule has 0 saturated heterocycles. The molecular formula is C68H118O6. The van der Waals surface area contributed by atoms with Crippen LogP contribution in [0.15, 0.2) is 85.1 Å². The van der Waals surface area contributed by atoms with E-state index in [4.69, 9.17) is 14.2 Å². The number of unbranched alkanes of at least 4 members (excludes halogenated alkanes) is 32. The SMILES string of the molecule is CC/C=C\C/C=C\C/C=C\C/C=C\CCC(=O)OC(COC(=O)CCCCCCCCCCCCCC)COC(=O)CCCCCCCCCCCCCCCCCC/C=C\C/C=C\C/C=C\CCCCCCC. The predicted octanol–water partition coefficient (Wildman–Crippen LogP) is 21.5. The molecule has 0 aliphatic rings. The highest BCUT2D eigenvalue weighted by atomic mass is 16.6. The number of carbonyl (C=O) groups is 3. The monoisotopic (exact) mass is 1030 g/mol. The van der Waals surface area contributed by atoms with Crippen LogP contribution in [0.2, 0.25) is 0 Å². The molecule has 0 aliphatic heterocycles. The number of esters is 3. The van der Waals surface area contributed by atoms with Crippen LogP contribution in [0, 0.1) is 0 Å². The van der Waals surface area contributed by atoms with Crippen molar-refractivity contribution in [3.05, 3.63) is 85.1 Å². The van der Waals surface area contributed by atoms with Crippen LogP contribution in [-0.4, -0.2) is 37.2 Å². The molecule has 0 saturated carbocycles. The average Bonchev–Trinajstić information content (AvgIpc) is 3.40. The second-order valence-corrected chi connectivity index (χ2v) is 20.9. The van der Waals surface area contributed by atoms with Gasteiger partial charge < -0.3 is 14.2 Å². The molecule has 0 N–H and O–H groups in total. The number of allylic oxidation sites excluding steroid dienone is 14. The Balaban J connectivity index is 4.17. The quantitative estimate of drug-likeness (QED) is 0.0261. The van der Waals surface area contributed by atoms with Gasteiger partial charge in [-0.1, -0.05) is 292 Å². The maximum absolute atomic E-state index is 12.8. The minimum absolute atomic E-state index is 0.102. The second-order valence-electron chi connectivity index (χ2n) is 20.9. The maximum atomic E-state index is 12.8. The molecule has 426 valence electrons. The van der Waals surface area contributed by atoms with E-state index in [1.54, 1.807) is 0 Å². The maximum Gasteiger partial charge on any atom is 0.306 e. The third-order valence-electron chi connectivity index (χ3n) is 13.6. The van der Waals surface area contributed by atoms with Gasteiger partial charge in [0.05, 0.1) is 0 Å². The number of hydrogen-bond donors (Lipinski definition) is 0. The molecule has 0 heterocycles. The standard InChI is InChI=1S/C68H118O6/c1-4-7-10-13-16-19-22-25-26-27-28-29-30-31-32-33-34-35-36-37-38-39-40-41-42-44-46-49-52-55-58-61-67(70)73-64-65(63-72-66(69)60-57-54-51-48-45-24-21-18-15-12-9-6-3)74-68(71)62-59-56-53-50-47-43-23-20-17-14-11-8-5-2/h8,11,17,20,22,25,27-28,30-31,43,47,53,56,65H,4-7,9-10,12-16,18-19,21,23-24,26,29,32-42,44-46,48-52,54-55,57-64H2,1-3H3/b11-8-,20-17-,25-22-,28-27-,31-30-,47-43-,56-53-. The summed E-state index contributed by atoms with van der Waals surface area (Å²) in [7, 11) is 0. The highest BCUT2D eigenvalue weighted by molar-refractivity contribution is 5.71. The van der Waals surface area contributed by atoms with E-state index in [2.05, 4.69) is 99.8 Å². The van der Waals surface area contributed by atoms with E-state index in [1.807, 2.05) is 6.08 Å². The third kappa shape index (κ3) is 59.5. The number of hydrogen-bond acceptors (Lipinski definition) is 6.